The molecular weight excluding hydrogens is 384 g/mol. The molecule has 0 aliphatic carbocycles. The van der Waals surface area contributed by atoms with E-state index in [-0.39, 0.29) is 5.91 Å². The molecule has 3 heterocycles. The maximum atomic E-state index is 12.8. The highest BCUT2D eigenvalue weighted by Gasteiger charge is 2.26. The van der Waals surface area contributed by atoms with E-state index in [0.29, 0.717) is 35.7 Å². The van der Waals surface area contributed by atoms with E-state index < -0.39 is 0 Å². The van der Waals surface area contributed by atoms with Crippen LogP contribution in [0.25, 0.3) is 11.6 Å². The molecule has 3 aromatic rings. The summed E-state index contributed by atoms with van der Waals surface area (Å²) in [4.78, 5) is 14.8. The number of aromatic nitrogens is 3. The normalized spacial score (nSPS) is 19.4. The lowest BCUT2D eigenvalue weighted by molar-refractivity contribution is -0.130. The first-order valence-electron chi connectivity index (χ1n) is 10.0. The molecule has 1 amide bonds. The number of rotatable bonds is 6. The summed E-state index contributed by atoms with van der Waals surface area (Å²) < 4.78 is 7.57. The average Bonchev–Trinajstić information content (AvgIpc) is 3.36. The monoisotopic (exact) mass is 410 g/mol. The zero-order chi connectivity index (χ0) is 20.2. The number of carbonyl (C=O) groups excluding carboxylic acids is 1. The lowest BCUT2D eigenvalue weighted by Gasteiger charge is -2.34. The van der Waals surface area contributed by atoms with Crippen molar-refractivity contribution in [3.63, 3.8) is 0 Å². The summed E-state index contributed by atoms with van der Waals surface area (Å²) in [6.45, 7) is 6.75. The Morgan fingerprint density at radius 1 is 1.10 bits per heavy atom. The van der Waals surface area contributed by atoms with Crippen molar-refractivity contribution in [3.05, 3.63) is 54.3 Å². The van der Waals surface area contributed by atoms with Crippen LogP contribution >= 0.6 is 11.8 Å². The summed E-state index contributed by atoms with van der Waals surface area (Å²) in [5.41, 5.74) is 1.15. The molecule has 2 aromatic heterocycles. The number of piperidine rings is 1. The van der Waals surface area contributed by atoms with Crippen LogP contribution in [-0.2, 0) is 11.3 Å². The second-order valence-electron chi connectivity index (χ2n) is 7.89. The summed E-state index contributed by atoms with van der Waals surface area (Å²) >= 11 is 1.45. The molecule has 0 unspecified atom stereocenters. The van der Waals surface area contributed by atoms with Gasteiger partial charge in [-0.2, -0.15) is 0 Å². The van der Waals surface area contributed by atoms with Crippen LogP contribution in [0.5, 0.6) is 0 Å². The Kier molecular flexibility index (Phi) is 6.04. The molecular formula is C22H26N4O2S. The first kappa shape index (κ1) is 19.8. The van der Waals surface area contributed by atoms with Gasteiger partial charge in [0.2, 0.25) is 11.7 Å². The standard InChI is InChI=1S/C22H26N4O2S/c1-16-11-17(2)13-25(12-16)20(27)15-29-22-24-23-21(19-9-6-10-28-19)26(22)14-18-7-4-3-5-8-18/h3-10,16-17H,11-15H2,1-2H3/t16-,17-/m0/s1. The van der Waals surface area contributed by atoms with Gasteiger partial charge in [0.25, 0.3) is 0 Å². The Labute approximate surface area is 175 Å². The minimum atomic E-state index is 0.169. The van der Waals surface area contributed by atoms with Crippen molar-refractivity contribution >= 4 is 17.7 Å². The zero-order valence-corrected chi connectivity index (χ0v) is 17.6. The summed E-state index contributed by atoms with van der Waals surface area (Å²) in [5.74, 6) is 2.99. The van der Waals surface area contributed by atoms with Crippen LogP contribution in [0.1, 0.15) is 25.8 Å². The molecule has 2 atom stereocenters. The third-order valence-corrected chi connectivity index (χ3v) is 6.14. The fourth-order valence-electron chi connectivity index (χ4n) is 3.98. The van der Waals surface area contributed by atoms with Crippen molar-refractivity contribution in [3.8, 4) is 11.6 Å². The fraction of sp³-hybridized carbons (Fsp3) is 0.409. The van der Waals surface area contributed by atoms with Crippen molar-refractivity contribution in [1.29, 1.82) is 0 Å². The number of likely N-dealkylation sites (tertiary alicyclic amines) is 1. The predicted molar refractivity (Wildman–Crippen MR) is 114 cm³/mol. The van der Waals surface area contributed by atoms with Gasteiger partial charge >= 0.3 is 0 Å². The van der Waals surface area contributed by atoms with Gasteiger partial charge in [0, 0.05) is 13.1 Å². The Balaban J connectivity index is 1.51. The maximum absolute atomic E-state index is 12.8. The third kappa shape index (κ3) is 4.72. The summed E-state index contributed by atoms with van der Waals surface area (Å²) in [6, 6.07) is 13.9. The summed E-state index contributed by atoms with van der Waals surface area (Å²) in [7, 11) is 0. The minimum Gasteiger partial charge on any atom is -0.461 e. The molecule has 1 aliphatic rings. The number of carbonyl (C=O) groups is 1. The zero-order valence-electron chi connectivity index (χ0n) is 16.8. The lowest BCUT2D eigenvalue weighted by atomic mass is 9.92. The number of hydrogen-bond donors (Lipinski definition) is 0. The van der Waals surface area contributed by atoms with E-state index in [1.54, 1.807) is 6.26 Å². The molecule has 0 N–H and O–H groups in total. The summed E-state index contributed by atoms with van der Waals surface area (Å²) in [5, 5.41) is 9.43. The Morgan fingerprint density at radius 3 is 2.55 bits per heavy atom. The first-order chi connectivity index (χ1) is 14.1. The third-order valence-electron chi connectivity index (χ3n) is 5.19. The molecule has 0 spiro atoms. The van der Waals surface area contributed by atoms with E-state index in [4.69, 9.17) is 4.42 Å². The van der Waals surface area contributed by atoms with Crippen LogP contribution < -0.4 is 0 Å². The topological polar surface area (TPSA) is 64.2 Å². The van der Waals surface area contributed by atoms with Crippen LogP contribution in [0.4, 0.5) is 0 Å². The Bertz CT molecular complexity index is 929. The smallest absolute Gasteiger partial charge is 0.233 e. The number of benzene rings is 1. The van der Waals surface area contributed by atoms with Crippen molar-refractivity contribution in [2.75, 3.05) is 18.8 Å². The van der Waals surface area contributed by atoms with Gasteiger partial charge in [-0.3, -0.25) is 9.36 Å². The maximum Gasteiger partial charge on any atom is 0.233 e. The number of thioether (sulfide) groups is 1. The quantitative estimate of drug-likeness (QED) is 0.570. The average molecular weight is 411 g/mol. The predicted octanol–water partition coefficient (Wildman–Crippen LogP) is 4.18. The molecule has 152 valence electrons. The van der Waals surface area contributed by atoms with Gasteiger partial charge in [-0.25, -0.2) is 0 Å². The second kappa shape index (κ2) is 8.86. The molecule has 0 bridgehead atoms. The van der Waals surface area contributed by atoms with Gasteiger partial charge in [-0.1, -0.05) is 55.9 Å². The Morgan fingerprint density at radius 2 is 1.86 bits per heavy atom. The van der Waals surface area contributed by atoms with Crippen LogP contribution in [-0.4, -0.2) is 44.4 Å². The molecule has 0 radical (unpaired) electrons. The van der Waals surface area contributed by atoms with Gasteiger partial charge < -0.3 is 9.32 Å². The minimum absolute atomic E-state index is 0.169. The molecule has 0 saturated carbocycles. The second-order valence-corrected chi connectivity index (χ2v) is 8.83. The van der Waals surface area contributed by atoms with Gasteiger partial charge in [-0.05, 0) is 36.0 Å². The SMILES string of the molecule is C[C@H]1C[C@H](C)CN(C(=O)CSc2nnc(-c3ccco3)n2Cc2ccccc2)C1. The molecule has 4 rings (SSSR count). The molecule has 1 aromatic carbocycles. The van der Waals surface area contributed by atoms with Crippen LogP contribution in [0.2, 0.25) is 0 Å². The van der Waals surface area contributed by atoms with Gasteiger partial charge in [0.15, 0.2) is 10.9 Å². The van der Waals surface area contributed by atoms with Gasteiger partial charge in [-0.15, -0.1) is 10.2 Å². The molecule has 1 fully saturated rings. The number of furan rings is 1. The van der Waals surface area contributed by atoms with Crippen molar-refractivity contribution < 1.29 is 9.21 Å². The molecule has 6 nitrogen and oxygen atoms in total. The van der Waals surface area contributed by atoms with Crippen molar-refractivity contribution in [1.82, 2.24) is 19.7 Å². The van der Waals surface area contributed by atoms with Crippen LogP contribution in [0, 0.1) is 11.8 Å². The van der Waals surface area contributed by atoms with E-state index in [9.17, 15) is 4.79 Å². The fourth-order valence-corrected chi connectivity index (χ4v) is 4.82. The number of nitrogens with zero attached hydrogens (tertiary/aromatic N) is 4. The molecule has 7 heteroatoms. The van der Waals surface area contributed by atoms with Gasteiger partial charge in [0.05, 0.1) is 18.6 Å². The molecule has 1 aliphatic heterocycles. The highest BCUT2D eigenvalue weighted by molar-refractivity contribution is 7.99. The highest BCUT2D eigenvalue weighted by Crippen LogP contribution is 2.27. The van der Waals surface area contributed by atoms with E-state index >= 15 is 0 Å². The van der Waals surface area contributed by atoms with E-state index in [2.05, 4.69) is 36.2 Å². The number of hydrogen-bond acceptors (Lipinski definition) is 5. The van der Waals surface area contributed by atoms with Crippen LogP contribution in [0.3, 0.4) is 0 Å². The van der Waals surface area contributed by atoms with E-state index in [1.807, 2.05) is 39.8 Å². The number of amides is 1. The Hall–Kier alpha value is -2.54. The van der Waals surface area contributed by atoms with Crippen LogP contribution in [0.15, 0.2) is 58.3 Å². The van der Waals surface area contributed by atoms with Gasteiger partial charge in [0.1, 0.15) is 0 Å². The molecule has 1 saturated heterocycles. The lowest BCUT2D eigenvalue weighted by Crippen LogP contribution is -2.43. The van der Waals surface area contributed by atoms with E-state index in [0.717, 1.165) is 23.8 Å². The van der Waals surface area contributed by atoms with Crippen molar-refractivity contribution in [2.24, 2.45) is 11.8 Å². The largest absolute Gasteiger partial charge is 0.461 e. The highest BCUT2D eigenvalue weighted by atomic mass is 32.2. The van der Waals surface area contributed by atoms with Crippen molar-refractivity contribution in [2.45, 2.75) is 32.0 Å². The molecule has 29 heavy (non-hydrogen) atoms. The first-order valence-corrected chi connectivity index (χ1v) is 11.0. The summed E-state index contributed by atoms with van der Waals surface area (Å²) in [6.07, 6.45) is 2.82. The van der Waals surface area contributed by atoms with E-state index in [1.165, 1.54) is 18.2 Å².